The predicted octanol–water partition coefficient (Wildman–Crippen LogP) is 6.29. The van der Waals surface area contributed by atoms with Crippen LogP contribution in [-0.2, 0) is 0 Å². The first-order chi connectivity index (χ1) is 9.56. The topological polar surface area (TPSA) is 26.0 Å². The standard InChI is InChI=1S/C19H39N/c1-17(2)12-14-19(15-13-18(3)4)11-9-7-5-6-8-10-16-20/h10,16-19H,5-9,11-15,20H2,1-4H3. The molecule has 0 unspecified atom stereocenters. The molecular weight excluding hydrogens is 242 g/mol. The minimum absolute atomic E-state index is 0.861. The summed E-state index contributed by atoms with van der Waals surface area (Å²) in [6, 6.07) is 0. The fraction of sp³-hybridized carbons (Fsp3) is 0.895. The minimum atomic E-state index is 0.861. The average Bonchev–Trinajstić information content (AvgIpc) is 2.39. The maximum atomic E-state index is 5.34. The molecule has 20 heavy (non-hydrogen) atoms. The first-order valence-corrected chi connectivity index (χ1v) is 8.93. The van der Waals surface area contributed by atoms with Crippen LogP contribution in [0, 0.1) is 17.8 Å². The molecule has 0 spiro atoms. The predicted molar refractivity (Wildman–Crippen MR) is 92.7 cm³/mol. The normalized spacial score (nSPS) is 12.3. The van der Waals surface area contributed by atoms with E-state index in [1.165, 1.54) is 57.8 Å². The molecule has 0 aromatic carbocycles. The lowest BCUT2D eigenvalue weighted by molar-refractivity contribution is 0.340. The molecule has 0 atom stereocenters. The molecule has 0 amide bonds. The largest absolute Gasteiger partial charge is 0.405 e. The summed E-state index contributed by atoms with van der Waals surface area (Å²) in [7, 11) is 0. The van der Waals surface area contributed by atoms with E-state index >= 15 is 0 Å². The zero-order chi connectivity index (χ0) is 15.2. The van der Waals surface area contributed by atoms with Gasteiger partial charge in [-0.15, -0.1) is 0 Å². The van der Waals surface area contributed by atoms with Crippen LogP contribution in [0.2, 0.25) is 0 Å². The van der Waals surface area contributed by atoms with Crippen LogP contribution in [0.25, 0.3) is 0 Å². The molecule has 0 radical (unpaired) electrons. The Morgan fingerprint density at radius 2 is 1.25 bits per heavy atom. The van der Waals surface area contributed by atoms with Crippen LogP contribution in [0.3, 0.4) is 0 Å². The van der Waals surface area contributed by atoms with E-state index in [9.17, 15) is 0 Å². The Balaban J connectivity index is 3.72. The molecule has 1 heteroatoms. The van der Waals surface area contributed by atoms with Crippen LogP contribution < -0.4 is 5.73 Å². The summed E-state index contributed by atoms with van der Waals surface area (Å²) in [5, 5.41) is 0. The van der Waals surface area contributed by atoms with E-state index in [-0.39, 0.29) is 0 Å². The molecule has 0 aliphatic heterocycles. The van der Waals surface area contributed by atoms with Gasteiger partial charge in [-0.3, -0.25) is 0 Å². The van der Waals surface area contributed by atoms with E-state index in [1.54, 1.807) is 6.20 Å². The van der Waals surface area contributed by atoms with Crippen molar-refractivity contribution in [2.24, 2.45) is 23.5 Å². The molecule has 120 valence electrons. The summed E-state index contributed by atoms with van der Waals surface area (Å²) in [6.45, 7) is 9.41. The Hall–Kier alpha value is -0.460. The Labute approximate surface area is 128 Å². The van der Waals surface area contributed by atoms with Crippen LogP contribution in [0.1, 0.15) is 91.9 Å². The Morgan fingerprint density at radius 3 is 1.75 bits per heavy atom. The van der Waals surface area contributed by atoms with Gasteiger partial charge in [0.15, 0.2) is 0 Å². The molecule has 0 rings (SSSR count). The van der Waals surface area contributed by atoms with Gasteiger partial charge in [0.1, 0.15) is 0 Å². The van der Waals surface area contributed by atoms with Gasteiger partial charge in [0.05, 0.1) is 0 Å². The molecule has 0 aromatic heterocycles. The summed E-state index contributed by atoms with van der Waals surface area (Å²) >= 11 is 0. The second kappa shape index (κ2) is 13.5. The van der Waals surface area contributed by atoms with Crippen molar-refractivity contribution in [3.63, 3.8) is 0 Å². The van der Waals surface area contributed by atoms with Crippen LogP contribution in [0.4, 0.5) is 0 Å². The zero-order valence-electron chi connectivity index (χ0n) is 14.5. The third-order valence-corrected chi connectivity index (χ3v) is 4.17. The van der Waals surface area contributed by atoms with Crippen molar-refractivity contribution in [3.05, 3.63) is 12.3 Å². The number of hydrogen-bond donors (Lipinski definition) is 1. The van der Waals surface area contributed by atoms with Crippen molar-refractivity contribution in [2.75, 3.05) is 0 Å². The fourth-order valence-electron chi connectivity index (χ4n) is 2.72. The van der Waals surface area contributed by atoms with Gasteiger partial charge < -0.3 is 5.73 Å². The molecule has 0 saturated heterocycles. The molecule has 0 aromatic rings. The van der Waals surface area contributed by atoms with E-state index in [0.29, 0.717) is 0 Å². The minimum Gasteiger partial charge on any atom is -0.405 e. The first kappa shape index (κ1) is 19.5. The highest BCUT2D eigenvalue weighted by Gasteiger charge is 2.10. The van der Waals surface area contributed by atoms with Crippen molar-refractivity contribution >= 4 is 0 Å². The van der Waals surface area contributed by atoms with Crippen molar-refractivity contribution in [3.8, 4) is 0 Å². The Kier molecular flexibility index (Phi) is 13.2. The number of hydrogen-bond acceptors (Lipinski definition) is 1. The highest BCUT2D eigenvalue weighted by molar-refractivity contribution is 4.74. The molecule has 0 saturated carbocycles. The lowest BCUT2D eigenvalue weighted by Gasteiger charge is -2.19. The van der Waals surface area contributed by atoms with Gasteiger partial charge in [0.2, 0.25) is 0 Å². The molecule has 0 heterocycles. The van der Waals surface area contributed by atoms with Gasteiger partial charge >= 0.3 is 0 Å². The van der Waals surface area contributed by atoms with Gasteiger partial charge in [0.25, 0.3) is 0 Å². The van der Waals surface area contributed by atoms with Gasteiger partial charge in [-0.1, -0.05) is 85.1 Å². The third-order valence-electron chi connectivity index (χ3n) is 4.17. The second-order valence-electron chi connectivity index (χ2n) is 7.23. The van der Waals surface area contributed by atoms with Gasteiger partial charge in [-0.2, -0.15) is 0 Å². The summed E-state index contributed by atoms with van der Waals surface area (Å²) < 4.78 is 0. The summed E-state index contributed by atoms with van der Waals surface area (Å²) in [5.74, 6) is 2.70. The lowest BCUT2D eigenvalue weighted by atomic mass is 9.87. The molecule has 1 nitrogen and oxygen atoms in total. The molecule has 0 aliphatic rings. The van der Waals surface area contributed by atoms with E-state index in [4.69, 9.17) is 5.73 Å². The maximum absolute atomic E-state index is 5.34. The van der Waals surface area contributed by atoms with Crippen molar-refractivity contribution in [1.82, 2.24) is 0 Å². The highest BCUT2D eigenvalue weighted by atomic mass is 14.5. The van der Waals surface area contributed by atoms with E-state index in [1.807, 2.05) is 0 Å². The van der Waals surface area contributed by atoms with Gasteiger partial charge in [-0.25, -0.2) is 0 Å². The van der Waals surface area contributed by atoms with Crippen molar-refractivity contribution in [2.45, 2.75) is 91.9 Å². The Morgan fingerprint density at radius 1 is 0.700 bits per heavy atom. The molecule has 0 fully saturated rings. The van der Waals surface area contributed by atoms with Gasteiger partial charge in [-0.05, 0) is 36.8 Å². The van der Waals surface area contributed by atoms with E-state index < -0.39 is 0 Å². The van der Waals surface area contributed by atoms with Crippen LogP contribution in [0.5, 0.6) is 0 Å². The van der Waals surface area contributed by atoms with E-state index in [2.05, 4.69) is 33.8 Å². The lowest BCUT2D eigenvalue weighted by Crippen LogP contribution is -2.05. The second-order valence-corrected chi connectivity index (χ2v) is 7.23. The Bertz CT molecular complexity index is 206. The van der Waals surface area contributed by atoms with Crippen molar-refractivity contribution < 1.29 is 0 Å². The van der Waals surface area contributed by atoms with Crippen molar-refractivity contribution in [1.29, 1.82) is 0 Å². The zero-order valence-corrected chi connectivity index (χ0v) is 14.5. The number of unbranched alkanes of at least 4 members (excludes halogenated alkanes) is 4. The summed E-state index contributed by atoms with van der Waals surface area (Å²) in [4.78, 5) is 0. The molecule has 0 bridgehead atoms. The monoisotopic (exact) mass is 281 g/mol. The molecule has 0 aliphatic carbocycles. The maximum Gasteiger partial charge on any atom is -0.0103 e. The number of allylic oxidation sites excluding steroid dienone is 1. The van der Waals surface area contributed by atoms with Crippen LogP contribution >= 0.6 is 0 Å². The average molecular weight is 282 g/mol. The third kappa shape index (κ3) is 14.0. The fourth-order valence-corrected chi connectivity index (χ4v) is 2.72. The number of nitrogens with two attached hydrogens (primary N) is 1. The first-order valence-electron chi connectivity index (χ1n) is 8.93. The molecule has 2 N–H and O–H groups in total. The quantitative estimate of drug-likeness (QED) is 0.394. The summed E-state index contributed by atoms with van der Waals surface area (Å²) in [6.07, 6.45) is 17.6. The molecular formula is C19H39N. The summed E-state index contributed by atoms with van der Waals surface area (Å²) in [5.41, 5.74) is 5.34. The SMILES string of the molecule is CC(C)CCC(CCCCCCC=CN)CCC(C)C. The smallest absolute Gasteiger partial charge is 0.0103 e. The number of rotatable bonds is 13. The van der Waals surface area contributed by atoms with Crippen LogP contribution in [-0.4, -0.2) is 0 Å². The highest BCUT2D eigenvalue weighted by Crippen LogP contribution is 2.25. The van der Waals surface area contributed by atoms with Crippen LogP contribution in [0.15, 0.2) is 12.3 Å². The van der Waals surface area contributed by atoms with Gasteiger partial charge in [0, 0.05) is 0 Å². The van der Waals surface area contributed by atoms with E-state index in [0.717, 1.165) is 24.2 Å².